The van der Waals surface area contributed by atoms with E-state index in [-0.39, 0.29) is 68.0 Å². The summed E-state index contributed by atoms with van der Waals surface area (Å²) < 4.78 is 59.7. The number of methoxy groups -OCH3 is 3. The van der Waals surface area contributed by atoms with Gasteiger partial charge in [-0.15, -0.1) is 0 Å². The average molecular weight is 1120 g/mol. The molecule has 83 heavy (non-hydrogen) atoms. The Morgan fingerprint density at radius 2 is 1.49 bits per heavy atom. The third kappa shape index (κ3) is 8.79. The van der Waals surface area contributed by atoms with Crippen molar-refractivity contribution < 1.29 is 56.4 Å². The van der Waals surface area contributed by atoms with E-state index >= 15 is 4.79 Å². The van der Waals surface area contributed by atoms with Crippen molar-refractivity contribution in [1.82, 2.24) is 24.8 Å². The number of fused-ring (bicyclic) bond motifs is 10. The first-order chi connectivity index (χ1) is 40.3. The van der Waals surface area contributed by atoms with Gasteiger partial charge in [-0.2, -0.15) is 0 Å². The first-order valence-corrected chi connectivity index (χ1v) is 27.7. The number of oxazole rings is 2. The summed E-state index contributed by atoms with van der Waals surface area (Å²) in [6, 6.07) is 41.8. The van der Waals surface area contributed by atoms with Gasteiger partial charge in [0.25, 0.3) is 0 Å². The number of ether oxygens (including phenoxy) is 7. The Morgan fingerprint density at radius 3 is 2.23 bits per heavy atom. The van der Waals surface area contributed by atoms with E-state index in [2.05, 4.69) is 29.6 Å². The van der Waals surface area contributed by atoms with E-state index in [1.165, 1.54) is 7.11 Å². The average Bonchev–Trinajstić information content (AvgIpc) is 1.68. The van der Waals surface area contributed by atoms with Crippen molar-refractivity contribution in [2.24, 2.45) is 5.92 Å². The number of rotatable bonds is 14. The van der Waals surface area contributed by atoms with Crippen molar-refractivity contribution in [3.05, 3.63) is 191 Å². The molecule has 1 fully saturated rings. The minimum absolute atomic E-state index is 0.0528. The van der Waals surface area contributed by atoms with Crippen LogP contribution in [0.2, 0.25) is 0 Å². The number of alkyl carbamates (subject to hydrolysis) is 1. The summed E-state index contributed by atoms with van der Waals surface area (Å²) in [6.45, 7) is 8.13. The minimum atomic E-state index is -1.82. The number of nitrogens with zero attached hydrogens (tertiary/aromatic N) is 4. The Bertz CT molecular complexity index is 3950. The molecule has 13 rings (SSSR count). The Hall–Kier alpha value is -9.19. The number of benzene rings is 6. The molecule has 17 nitrogen and oxygen atoms in total. The van der Waals surface area contributed by atoms with Gasteiger partial charge in [-0.25, -0.2) is 24.4 Å². The molecule has 6 aromatic carbocycles. The molecule has 1 N–H and O–H groups in total. The molecule has 1 saturated heterocycles. The molecule has 1 aliphatic carbocycles. The van der Waals surface area contributed by atoms with Crippen molar-refractivity contribution in [1.29, 1.82) is 0 Å². The number of carbonyl (C=O) groups excluding carboxylic acids is 3. The summed E-state index contributed by atoms with van der Waals surface area (Å²) in [5.41, 5.74) is 7.16. The molecule has 17 heteroatoms. The predicted molar refractivity (Wildman–Crippen MR) is 306 cm³/mol. The van der Waals surface area contributed by atoms with Crippen LogP contribution in [-0.2, 0) is 53.7 Å². The Morgan fingerprint density at radius 1 is 0.771 bits per heavy atom. The van der Waals surface area contributed by atoms with Crippen molar-refractivity contribution in [3.8, 4) is 56.7 Å². The molecule has 4 aliphatic rings. The van der Waals surface area contributed by atoms with Crippen LogP contribution in [0.4, 0.5) is 9.59 Å². The number of hydrogen-bond donors (Lipinski definition) is 1. The molecule has 2 amide bonds. The number of aromatic nitrogens is 3. The zero-order valence-electron chi connectivity index (χ0n) is 47.0. The van der Waals surface area contributed by atoms with Gasteiger partial charge < -0.3 is 51.9 Å². The molecule has 3 aliphatic heterocycles. The smallest absolute Gasteiger partial charge is 0.412 e. The molecule has 0 saturated carbocycles. The Balaban J connectivity index is 0.985. The number of amides is 2. The molecule has 9 aromatic rings. The topological polar surface area (TPSA) is 188 Å². The largest absolute Gasteiger partial charge is 0.496 e. The quantitative estimate of drug-likeness (QED) is 0.0800. The number of para-hydroxylation sites is 1. The van der Waals surface area contributed by atoms with Gasteiger partial charge in [0, 0.05) is 46.9 Å². The van der Waals surface area contributed by atoms with Gasteiger partial charge in [0.1, 0.15) is 48.6 Å². The van der Waals surface area contributed by atoms with E-state index in [1.807, 2.05) is 148 Å². The number of nitrogens with one attached hydrogen (secondary N) is 1. The lowest BCUT2D eigenvalue weighted by atomic mass is 9.67. The van der Waals surface area contributed by atoms with Crippen molar-refractivity contribution in [2.75, 3.05) is 34.5 Å². The maximum Gasteiger partial charge on any atom is 0.412 e. The molecular formula is C66H61N5O12. The first kappa shape index (κ1) is 53.1. The fourth-order valence-electron chi connectivity index (χ4n) is 12.9. The molecule has 6 heterocycles. The van der Waals surface area contributed by atoms with Crippen LogP contribution in [0, 0.1) is 5.92 Å². The van der Waals surface area contributed by atoms with Crippen molar-refractivity contribution >= 4 is 29.1 Å². The summed E-state index contributed by atoms with van der Waals surface area (Å²) in [6.07, 6.45) is 1.14. The molecule has 0 spiro atoms. The van der Waals surface area contributed by atoms with E-state index in [1.54, 1.807) is 25.3 Å². The van der Waals surface area contributed by atoms with E-state index in [9.17, 15) is 9.59 Å². The van der Waals surface area contributed by atoms with Gasteiger partial charge in [-0.05, 0) is 77.3 Å². The third-order valence-electron chi connectivity index (χ3n) is 16.6. The zero-order valence-corrected chi connectivity index (χ0v) is 47.0. The second-order valence-corrected chi connectivity index (χ2v) is 22.2. The Kier molecular flexibility index (Phi) is 13.4. The molecular weight excluding hydrogens is 1050 g/mol. The van der Waals surface area contributed by atoms with Crippen LogP contribution in [0.3, 0.4) is 0 Å². The standard InChI is InChI=1S/C66H61N5O12/c1-37(2)55(69-63(73)78-35-48-43-21-13-11-19-41(43)42-20-12-14-22-44(42)48)61-68-56-58(83-61)66(50-30-39(27-28-52(50)76-6)29-40-34-80-65(3,4)71(40)64(74)79-33-38-17-9-8-10-18-38)49-25-15-24-46(57(49)82-59(66)62(72)77-7)45-23-16-26-51-54(45)47(32-70(51)36-75-5)53-31-67-60(56)81-53/h8-28,30-32,37,40,48,55,59H,29,33-36H2,1-7H3,(H,69,73)/t40-,55-,59+,66-/m0/s1. The van der Waals surface area contributed by atoms with Gasteiger partial charge in [-0.1, -0.05) is 135 Å². The second-order valence-electron chi connectivity index (χ2n) is 22.2. The van der Waals surface area contributed by atoms with Gasteiger partial charge in [0.2, 0.25) is 17.9 Å². The van der Waals surface area contributed by atoms with Crippen LogP contribution in [0.5, 0.6) is 11.5 Å². The molecule has 422 valence electrons. The van der Waals surface area contributed by atoms with Crippen LogP contribution < -0.4 is 14.8 Å². The minimum Gasteiger partial charge on any atom is -0.496 e. The lowest BCUT2D eigenvalue weighted by Crippen LogP contribution is -2.49. The number of esters is 1. The lowest BCUT2D eigenvalue weighted by molar-refractivity contribution is -0.150. The summed E-state index contributed by atoms with van der Waals surface area (Å²) in [5, 5.41) is 3.92. The van der Waals surface area contributed by atoms with Crippen LogP contribution in [0.25, 0.3) is 56.1 Å². The van der Waals surface area contributed by atoms with Gasteiger partial charge in [0.05, 0.1) is 38.6 Å². The van der Waals surface area contributed by atoms with Crippen molar-refractivity contribution in [3.63, 3.8) is 0 Å². The number of carbonyl (C=O) groups is 3. The second kappa shape index (κ2) is 21.0. The van der Waals surface area contributed by atoms with Gasteiger partial charge in [-0.3, -0.25) is 4.90 Å². The molecule has 4 atom stereocenters. The molecule has 0 radical (unpaired) electrons. The number of hydrogen-bond acceptors (Lipinski definition) is 14. The highest BCUT2D eigenvalue weighted by Crippen LogP contribution is 2.60. The molecule has 3 aromatic heterocycles. The first-order valence-electron chi connectivity index (χ1n) is 27.7. The summed E-state index contributed by atoms with van der Waals surface area (Å²) in [5.74, 6) is 0.0862. The zero-order chi connectivity index (χ0) is 57.3. The Labute approximate surface area is 479 Å². The molecule has 0 unspecified atom stereocenters. The highest BCUT2D eigenvalue weighted by Gasteiger charge is 2.62. The molecule has 6 bridgehead atoms. The van der Waals surface area contributed by atoms with Gasteiger partial charge >= 0.3 is 18.2 Å². The SMILES string of the molecule is COCn1cc2c3c(cccc31)-c1cccc3c1O[C@H](C(=O)OC)[C@@]3(c1cc(C[C@H]3COC(C)(C)N3C(=O)OCc3ccccc3)ccc1OC)c1oc([C@@H](NC(=O)OCC3c4ccccc4-c4ccccc43)C(C)C)nc1-c1ncc-2o1. The lowest BCUT2D eigenvalue weighted by Gasteiger charge is -2.34. The van der Waals surface area contributed by atoms with Crippen LogP contribution in [0.15, 0.2) is 155 Å². The van der Waals surface area contributed by atoms with E-state index in [4.69, 9.17) is 52.0 Å². The van der Waals surface area contributed by atoms with E-state index in [0.717, 1.165) is 49.8 Å². The fraction of sp³-hybridized carbons (Fsp3) is 0.288. The van der Waals surface area contributed by atoms with E-state index in [0.29, 0.717) is 39.5 Å². The highest BCUT2D eigenvalue weighted by molar-refractivity contribution is 6.07. The van der Waals surface area contributed by atoms with Crippen LogP contribution in [-0.4, -0.2) is 90.0 Å². The summed E-state index contributed by atoms with van der Waals surface area (Å²) >= 11 is 0. The van der Waals surface area contributed by atoms with E-state index < -0.39 is 47.5 Å². The predicted octanol–water partition coefficient (Wildman–Crippen LogP) is 12.4. The third-order valence-corrected chi connectivity index (χ3v) is 16.6. The van der Waals surface area contributed by atoms with Crippen LogP contribution >= 0.6 is 0 Å². The monoisotopic (exact) mass is 1120 g/mol. The summed E-state index contributed by atoms with van der Waals surface area (Å²) in [7, 11) is 4.49. The van der Waals surface area contributed by atoms with Crippen molar-refractivity contribution in [2.45, 2.75) is 82.7 Å². The summed E-state index contributed by atoms with van der Waals surface area (Å²) in [4.78, 5) is 55.6. The maximum absolute atomic E-state index is 15.2. The maximum atomic E-state index is 15.2. The fourth-order valence-corrected chi connectivity index (χ4v) is 12.9. The highest BCUT2D eigenvalue weighted by atomic mass is 16.6. The van der Waals surface area contributed by atoms with Gasteiger partial charge in [0.15, 0.2) is 17.2 Å². The van der Waals surface area contributed by atoms with Crippen LogP contribution in [0.1, 0.15) is 84.7 Å². The normalized spacial score (nSPS) is 18.3.